The van der Waals surface area contributed by atoms with Gasteiger partial charge in [-0.15, -0.1) is 0 Å². The zero-order chi connectivity index (χ0) is 8.91. The summed E-state index contributed by atoms with van der Waals surface area (Å²) in [7, 11) is 0. The second-order valence-corrected chi connectivity index (χ2v) is 3.13. The van der Waals surface area contributed by atoms with Crippen LogP contribution >= 0.6 is 22.6 Å². The van der Waals surface area contributed by atoms with Gasteiger partial charge < -0.3 is 20.6 Å². The number of carbonyl (C=O) groups excluding carboxylic acids is 1. The van der Waals surface area contributed by atoms with E-state index in [1.165, 1.54) is 22.6 Å². The van der Waals surface area contributed by atoms with Crippen LogP contribution in [-0.4, -0.2) is 44.6 Å². The number of aliphatic hydroxyl groups is 3. The van der Waals surface area contributed by atoms with E-state index in [0.29, 0.717) is 0 Å². The molecule has 0 rings (SSSR count). The Morgan fingerprint density at radius 2 is 1.64 bits per heavy atom. The van der Waals surface area contributed by atoms with E-state index in [0.717, 1.165) is 0 Å². The lowest BCUT2D eigenvalue weighted by atomic mass is 10.0. The molecule has 0 saturated heterocycles. The first-order chi connectivity index (χ1) is 5.10. The van der Waals surface area contributed by atoms with Gasteiger partial charge in [0.25, 0.3) is 3.91 Å². The highest BCUT2D eigenvalue weighted by Crippen LogP contribution is 2.03. The SMILES string of the molecule is O=C(I)NC(CO)(CO)CO. The molecule has 0 aliphatic heterocycles. The Bertz CT molecular complexity index is 128. The second kappa shape index (κ2) is 4.86. The van der Waals surface area contributed by atoms with Gasteiger partial charge in [0.1, 0.15) is 5.54 Å². The van der Waals surface area contributed by atoms with E-state index in [1.807, 2.05) is 0 Å². The molecule has 1 amide bonds. The number of halogens is 1. The highest BCUT2D eigenvalue weighted by molar-refractivity contribution is 14.1. The van der Waals surface area contributed by atoms with Crippen molar-refractivity contribution in [1.29, 1.82) is 0 Å². The third-order valence-electron chi connectivity index (χ3n) is 1.27. The van der Waals surface area contributed by atoms with Crippen LogP contribution in [0.1, 0.15) is 0 Å². The average molecular weight is 275 g/mol. The molecular formula is C5H10INO4. The van der Waals surface area contributed by atoms with Crippen LogP contribution in [-0.2, 0) is 0 Å². The van der Waals surface area contributed by atoms with Gasteiger partial charge in [0.2, 0.25) is 0 Å². The van der Waals surface area contributed by atoms with Crippen LogP contribution in [0.5, 0.6) is 0 Å². The first-order valence-electron chi connectivity index (χ1n) is 2.90. The molecular weight excluding hydrogens is 265 g/mol. The van der Waals surface area contributed by atoms with Crippen LogP contribution in [0.3, 0.4) is 0 Å². The lowest BCUT2D eigenvalue weighted by molar-refractivity contribution is 0.0523. The molecule has 0 spiro atoms. The normalized spacial score (nSPS) is 11.3. The van der Waals surface area contributed by atoms with Crippen LogP contribution < -0.4 is 5.32 Å². The Balaban J connectivity index is 4.16. The topological polar surface area (TPSA) is 89.8 Å². The summed E-state index contributed by atoms with van der Waals surface area (Å²) in [4.78, 5) is 10.5. The summed E-state index contributed by atoms with van der Waals surface area (Å²) < 4.78 is -0.431. The smallest absolute Gasteiger partial charge is 0.281 e. The summed E-state index contributed by atoms with van der Waals surface area (Å²) in [5, 5.41) is 28.3. The van der Waals surface area contributed by atoms with Gasteiger partial charge in [0.15, 0.2) is 0 Å². The molecule has 11 heavy (non-hydrogen) atoms. The van der Waals surface area contributed by atoms with Crippen LogP contribution in [0.15, 0.2) is 0 Å². The maximum Gasteiger partial charge on any atom is 0.281 e. The molecule has 0 atom stereocenters. The Morgan fingerprint density at radius 3 is 1.73 bits per heavy atom. The van der Waals surface area contributed by atoms with E-state index in [1.54, 1.807) is 0 Å². The number of aliphatic hydroxyl groups excluding tert-OH is 3. The van der Waals surface area contributed by atoms with Crippen molar-refractivity contribution in [3.05, 3.63) is 0 Å². The van der Waals surface area contributed by atoms with E-state index >= 15 is 0 Å². The van der Waals surface area contributed by atoms with Gasteiger partial charge in [-0.05, 0) is 0 Å². The molecule has 0 saturated carbocycles. The molecule has 0 aliphatic rings. The van der Waals surface area contributed by atoms with Crippen LogP contribution in [0.4, 0.5) is 4.79 Å². The van der Waals surface area contributed by atoms with E-state index in [2.05, 4.69) is 5.32 Å². The fourth-order valence-electron chi connectivity index (χ4n) is 0.477. The monoisotopic (exact) mass is 275 g/mol. The summed E-state index contributed by atoms with van der Waals surface area (Å²) in [5.74, 6) is 0. The average Bonchev–Trinajstić information content (AvgIpc) is 2.00. The van der Waals surface area contributed by atoms with Gasteiger partial charge in [-0.25, -0.2) is 0 Å². The zero-order valence-electron chi connectivity index (χ0n) is 5.75. The van der Waals surface area contributed by atoms with E-state index in [4.69, 9.17) is 15.3 Å². The minimum atomic E-state index is -1.29. The third-order valence-corrected chi connectivity index (χ3v) is 1.54. The number of rotatable bonds is 4. The molecule has 0 bridgehead atoms. The van der Waals surface area contributed by atoms with E-state index in [9.17, 15) is 4.79 Å². The van der Waals surface area contributed by atoms with Crippen molar-refractivity contribution in [2.24, 2.45) is 0 Å². The summed E-state index contributed by atoms with van der Waals surface area (Å²) in [6.45, 7) is -1.47. The lowest BCUT2D eigenvalue weighted by Crippen LogP contribution is -2.55. The van der Waals surface area contributed by atoms with Crippen molar-refractivity contribution >= 4 is 26.5 Å². The maximum absolute atomic E-state index is 10.5. The molecule has 0 aromatic heterocycles. The summed E-state index contributed by atoms with van der Waals surface area (Å²) >= 11 is 1.45. The first-order valence-corrected chi connectivity index (χ1v) is 3.98. The summed E-state index contributed by atoms with van der Waals surface area (Å²) in [6.07, 6.45) is 0. The number of carbonyl (C=O) groups is 1. The zero-order valence-corrected chi connectivity index (χ0v) is 7.91. The first kappa shape index (κ1) is 11.1. The molecule has 0 aliphatic carbocycles. The molecule has 6 heteroatoms. The maximum atomic E-state index is 10.5. The molecule has 66 valence electrons. The predicted octanol–water partition coefficient (Wildman–Crippen LogP) is -1.15. The van der Waals surface area contributed by atoms with Gasteiger partial charge in [0.05, 0.1) is 19.8 Å². The lowest BCUT2D eigenvalue weighted by Gasteiger charge is -2.27. The van der Waals surface area contributed by atoms with Gasteiger partial charge in [0, 0.05) is 22.6 Å². The van der Waals surface area contributed by atoms with Gasteiger partial charge in [-0.1, -0.05) is 0 Å². The fraction of sp³-hybridized carbons (Fsp3) is 0.800. The van der Waals surface area contributed by atoms with Crippen molar-refractivity contribution in [2.75, 3.05) is 19.8 Å². The Hall–Kier alpha value is 0.0800. The Labute approximate surface area is 77.6 Å². The molecule has 5 nitrogen and oxygen atoms in total. The minimum Gasteiger partial charge on any atom is -0.394 e. The molecule has 0 fully saturated rings. The largest absolute Gasteiger partial charge is 0.394 e. The molecule has 0 radical (unpaired) electrons. The molecule has 0 aromatic rings. The van der Waals surface area contributed by atoms with E-state index < -0.39 is 29.3 Å². The van der Waals surface area contributed by atoms with Gasteiger partial charge in [-0.3, -0.25) is 4.79 Å². The fourth-order valence-corrected chi connectivity index (χ4v) is 1.05. The number of amides is 1. The van der Waals surface area contributed by atoms with Crippen LogP contribution in [0.2, 0.25) is 0 Å². The summed E-state index contributed by atoms with van der Waals surface area (Å²) in [6, 6.07) is 0. The molecule has 0 unspecified atom stereocenters. The van der Waals surface area contributed by atoms with Crippen molar-refractivity contribution < 1.29 is 20.1 Å². The third kappa shape index (κ3) is 3.32. The van der Waals surface area contributed by atoms with Crippen LogP contribution in [0, 0.1) is 0 Å². The molecule has 0 heterocycles. The second-order valence-electron chi connectivity index (χ2n) is 2.15. The van der Waals surface area contributed by atoms with E-state index in [-0.39, 0.29) is 0 Å². The molecule has 4 N–H and O–H groups in total. The van der Waals surface area contributed by atoms with Crippen molar-refractivity contribution in [1.82, 2.24) is 5.32 Å². The Kier molecular flexibility index (Phi) is 4.89. The highest BCUT2D eigenvalue weighted by Gasteiger charge is 2.28. The van der Waals surface area contributed by atoms with Crippen molar-refractivity contribution in [2.45, 2.75) is 5.54 Å². The van der Waals surface area contributed by atoms with Gasteiger partial charge >= 0.3 is 0 Å². The number of hydrogen-bond donors (Lipinski definition) is 4. The quantitative estimate of drug-likeness (QED) is 0.296. The van der Waals surface area contributed by atoms with Gasteiger partial charge in [-0.2, -0.15) is 0 Å². The standard InChI is InChI=1S/C5H10INO4/c6-4(11)7-5(1-8,2-9)3-10/h8-10H,1-3H2,(H,7,11). The minimum absolute atomic E-state index is 0.431. The van der Waals surface area contributed by atoms with Crippen molar-refractivity contribution in [3.8, 4) is 0 Å². The highest BCUT2D eigenvalue weighted by atomic mass is 127. The number of nitrogens with one attached hydrogen (secondary N) is 1. The summed E-state index contributed by atoms with van der Waals surface area (Å²) in [5.41, 5.74) is -1.29. The predicted molar refractivity (Wildman–Crippen MR) is 46.5 cm³/mol. The Morgan fingerprint density at radius 1 is 1.27 bits per heavy atom. The van der Waals surface area contributed by atoms with Crippen molar-refractivity contribution in [3.63, 3.8) is 0 Å². The van der Waals surface area contributed by atoms with Crippen LogP contribution in [0.25, 0.3) is 0 Å². The molecule has 0 aromatic carbocycles. The number of hydrogen-bond acceptors (Lipinski definition) is 4.